The van der Waals surface area contributed by atoms with Gasteiger partial charge in [-0.15, -0.1) is 0 Å². The van der Waals surface area contributed by atoms with Crippen LogP contribution in [0.25, 0.3) is 0 Å². The molecule has 120 valence electrons. The Labute approximate surface area is 132 Å². The summed E-state index contributed by atoms with van der Waals surface area (Å²) in [6.07, 6.45) is 7.33. The van der Waals surface area contributed by atoms with E-state index in [1.165, 1.54) is 25.7 Å². The van der Waals surface area contributed by atoms with E-state index in [0.717, 1.165) is 41.8 Å². The van der Waals surface area contributed by atoms with E-state index in [1.807, 2.05) is 18.2 Å². The lowest BCUT2D eigenvalue weighted by atomic mass is 10.0. The lowest BCUT2D eigenvalue weighted by molar-refractivity contribution is -0.117. The summed E-state index contributed by atoms with van der Waals surface area (Å²) in [7, 11) is 1.63. The third-order valence-corrected chi connectivity index (χ3v) is 4.97. The van der Waals surface area contributed by atoms with Crippen molar-refractivity contribution in [1.29, 1.82) is 0 Å². The first-order chi connectivity index (χ1) is 10.7. The minimum atomic E-state index is -0.110. The zero-order valence-corrected chi connectivity index (χ0v) is 13.5. The molecule has 0 aromatic heterocycles. The molecule has 1 aromatic carbocycles. The number of nitrogens with one attached hydrogen (secondary N) is 2. The van der Waals surface area contributed by atoms with Gasteiger partial charge >= 0.3 is 0 Å². The average molecular weight is 302 g/mol. The van der Waals surface area contributed by atoms with Gasteiger partial charge in [0.1, 0.15) is 11.8 Å². The number of amides is 1. The highest BCUT2D eigenvalue weighted by atomic mass is 16.5. The molecule has 2 unspecified atom stereocenters. The van der Waals surface area contributed by atoms with Gasteiger partial charge in [0.05, 0.1) is 18.5 Å². The summed E-state index contributed by atoms with van der Waals surface area (Å²) in [6, 6.07) is 5.63. The number of fused-ring (bicyclic) bond motifs is 1. The third-order valence-electron chi connectivity index (χ3n) is 4.97. The van der Waals surface area contributed by atoms with Crippen LogP contribution >= 0.6 is 0 Å². The monoisotopic (exact) mass is 302 g/mol. The van der Waals surface area contributed by atoms with E-state index >= 15 is 0 Å². The van der Waals surface area contributed by atoms with Gasteiger partial charge in [-0.05, 0) is 36.8 Å². The number of carbonyl (C=O) groups excluding carboxylic acids is 1. The van der Waals surface area contributed by atoms with Crippen LogP contribution in [-0.4, -0.2) is 19.1 Å². The zero-order chi connectivity index (χ0) is 15.5. The lowest BCUT2D eigenvalue weighted by Gasteiger charge is -2.27. The lowest BCUT2D eigenvalue weighted by Crippen LogP contribution is -2.38. The van der Waals surface area contributed by atoms with Crippen molar-refractivity contribution in [2.24, 2.45) is 11.8 Å². The topological polar surface area (TPSA) is 50.4 Å². The maximum absolute atomic E-state index is 12.2. The van der Waals surface area contributed by atoms with Crippen molar-refractivity contribution in [1.82, 2.24) is 0 Å². The van der Waals surface area contributed by atoms with Gasteiger partial charge in [0.15, 0.2) is 0 Å². The molecule has 0 radical (unpaired) electrons. The number of benzene rings is 1. The first kappa shape index (κ1) is 15.2. The van der Waals surface area contributed by atoms with E-state index in [2.05, 4.69) is 17.6 Å². The summed E-state index contributed by atoms with van der Waals surface area (Å²) in [5, 5.41) is 6.33. The van der Waals surface area contributed by atoms with Crippen LogP contribution < -0.4 is 15.4 Å². The molecule has 1 fully saturated rings. The summed E-state index contributed by atoms with van der Waals surface area (Å²) in [5.74, 6) is 2.77. The fraction of sp³-hybridized carbons (Fsp3) is 0.611. The summed E-state index contributed by atoms with van der Waals surface area (Å²) >= 11 is 0. The molecule has 1 aromatic rings. The van der Waals surface area contributed by atoms with Gasteiger partial charge in [-0.25, -0.2) is 0 Å². The molecule has 22 heavy (non-hydrogen) atoms. The Morgan fingerprint density at radius 1 is 1.18 bits per heavy atom. The standard InChI is InChI=1S/C18H26N2O2/c1-12-10-13(12)6-4-3-5-7-16-18(21)20-17-11-14(22-2)8-9-15(17)19-16/h8-9,11-13,16,19H,3-7,10H2,1-2H3,(H,20,21)/t12?,13-,16?/m1/s1. The van der Waals surface area contributed by atoms with Gasteiger partial charge in [-0.1, -0.05) is 32.6 Å². The van der Waals surface area contributed by atoms with Gasteiger partial charge in [0.2, 0.25) is 5.91 Å². The normalized spacial score (nSPS) is 25.9. The van der Waals surface area contributed by atoms with Crippen LogP contribution in [0, 0.1) is 11.8 Å². The van der Waals surface area contributed by atoms with Gasteiger partial charge in [-0.2, -0.15) is 0 Å². The Hall–Kier alpha value is -1.71. The number of hydrogen-bond acceptors (Lipinski definition) is 3. The molecule has 4 heteroatoms. The first-order valence-electron chi connectivity index (χ1n) is 8.43. The number of anilines is 2. The Bertz CT molecular complexity index is 544. The fourth-order valence-electron chi connectivity index (χ4n) is 3.29. The SMILES string of the molecule is COc1ccc2c(c1)NC(=O)C(CCCCC[C@@H]1CC1C)N2. The van der Waals surface area contributed by atoms with E-state index < -0.39 is 0 Å². The van der Waals surface area contributed by atoms with E-state index in [1.54, 1.807) is 7.11 Å². The molecule has 3 rings (SSSR count). The van der Waals surface area contributed by atoms with Gasteiger partial charge in [-0.3, -0.25) is 4.79 Å². The molecule has 0 spiro atoms. The molecule has 1 aliphatic carbocycles. The molecule has 1 aliphatic heterocycles. The molecule has 0 bridgehead atoms. The molecule has 1 amide bonds. The Morgan fingerprint density at radius 3 is 2.68 bits per heavy atom. The highest BCUT2D eigenvalue weighted by Gasteiger charge is 2.31. The minimum absolute atomic E-state index is 0.0663. The third kappa shape index (κ3) is 3.54. The number of ether oxygens (including phenoxy) is 1. The molecule has 3 atom stereocenters. The highest BCUT2D eigenvalue weighted by molar-refractivity contribution is 6.03. The Morgan fingerprint density at radius 2 is 1.95 bits per heavy atom. The van der Waals surface area contributed by atoms with Gasteiger partial charge in [0.25, 0.3) is 0 Å². The summed E-state index contributed by atoms with van der Waals surface area (Å²) < 4.78 is 5.19. The highest BCUT2D eigenvalue weighted by Crippen LogP contribution is 2.41. The number of unbranched alkanes of at least 4 members (excludes halogenated alkanes) is 2. The van der Waals surface area contributed by atoms with Crippen LogP contribution in [0.3, 0.4) is 0 Å². The van der Waals surface area contributed by atoms with Crippen molar-refractivity contribution in [3.05, 3.63) is 18.2 Å². The minimum Gasteiger partial charge on any atom is -0.497 e. The van der Waals surface area contributed by atoms with Crippen molar-refractivity contribution >= 4 is 17.3 Å². The Kier molecular flexibility index (Phi) is 4.55. The van der Waals surface area contributed by atoms with E-state index in [0.29, 0.717) is 0 Å². The van der Waals surface area contributed by atoms with Crippen molar-refractivity contribution in [2.75, 3.05) is 17.7 Å². The zero-order valence-electron chi connectivity index (χ0n) is 13.5. The van der Waals surface area contributed by atoms with Crippen molar-refractivity contribution in [2.45, 2.75) is 51.5 Å². The second-order valence-corrected chi connectivity index (χ2v) is 6.71. The predicted octanol–water partition coefficient (Wildman–Crippen LogP) is 4.03. The number of carbonyl (C=O) groups is 1. The summed E-state index contributed by atoms with van der Waals surface area (Å²) in [4.78, 5) is 12.2. The molecule has 0 saturated heterocycles. The molecular formula is C18H26N2O2. The van der Waals surface area contributed by atoms with E-state index in [-0.39, 0.29) is 11.9 Å². The maximum Gasteiger partial charge on any atom is 0.246 e. The number of hydrogen-bond donors (Lipinski definition) is 2. The molecule has 2 N–H and O–H groups in total. The quantitative estimate of drug-likeness (QED) is 0.748. The molecular weight excluding hydrogens is 276 g/mol. The largest absolute Gasteiger partial charge is 0.497 e. The van der Waals surface area contributed by atoms with E-state index in [4.69, 9.17) is 4.74 Å². The van der Waals surface area contributed by atoms with Crippen LogP contribution in [-0.2, 0) is 4.79 Å². The molecule has 2 aliphatic rings. The van der Waals surface area contributed by atoms with Crippen LogP contribution in [0.1, 0.15) is 45.4 Å². The predicted molar refractivity (Wildman–Crippen MR) is 89.4 cm³/mol. The second-order valence-electron chi connectivity index (χ2n) is 6.71. The Balaban J connectivity index is 1.45. The molecule has 4 nitrogen and oxygen atoms in total. The van der Waals surface area contributed by atoms with Crippen molar-refractivity contribution < 1.29 is 9.53 Å². The van der Waals surface area contributed by atoms with Gasteiger partial charge < -0.3 is 15.4 Å². The van der Waals surface area contributed by atoms with Crippen molar-refractivity contribution in [3.8, 4) is 5.75 Å². The number of rotatable bonds is 7. The maximum atomic E-state index is 12.2. The van der Waals surface area contributed by atoms with Gasteiger partial charge in [0, 0.05) is 6.07 Å². The first-order valence-corrected chi connectivity index (χ1v) is 8.43. The molecule has 1 heterocycles. The van der Waals surface area contributed by atoms with Crippen LogP contribution in [0.4, 0.5) is 11.4 Å². The van der Waals surface area contributed by atoms with E-state index in [9.17, 15) is 4.79 Å². The van der Waals surface area contributed by atoms with Crippen molar-refractivity contribution in [3.63, 3.8) is 0 Å². The van der Waals surface area contributed by atoms with Crippen LogP contribution in [0.2, 0.25) is 0 Å². The fourth-order valence-corrected chi connectivity index (χ4v) is 3.29. The summed E-state index contributed by atoms with van der Waals surface area (Å²) in [6.45, 7) is 2.34. The van der Waals surface area contributed by atoms with Crippen LogP contribution in [0.15, 0.2) is 18.2 Å². The van der Waals surface area contributed by atoms with Crippen LogP contribution in [0.5, 0.6) is 5.75 Å². The smallest absolute Gasteiger partial charge is 0.246 e. The number of methoxy groups -OCH3 is 1. The second kappa shape index (κ2) is 6.59. The molecule has 1 saturated carbocycles. The summed E-state index contributed by atoms with van der Waals surface area (Å²) in [5.41, 5.74) is 1.79. The average Bonchev–Trinajstić information content (AvgIpc) is 3.22.